The Bertz CT molecular complexity index is 316. The molecule has 14 heavy (non-hydrogen) atoms. The number of aliphatic hydroxyl groups is 1. The van der Waals surface area contributed by atoms with E-state index in [0.29, 0.717) is 6.07 Å². The molecule has 1 unspecified atom stereocenters. The van der Waals surface area contributed by atoms with Crippen LogP contribution in [0.25, 0.3) is 0 Å². The van der Waals surface area contributed by atoms with Crippen LogP contribution in [0.5, 0.6) is 0 Å². The summed E-state index contributed by atoms with van der Waals surface area (Å²) in [5.41, 5.74) is -0.0388. The van der Waals surface area contributed by atoms with Crippen LogP contribution in [0.1, 0.15) is 25.5 Å². The lowest BCUT2D eigenvalue weighted by Gasteiger charge is -2.16. The zero-order valence-corrected chi connectivity index (χ0v) is 8.65. The lowest BCUT2D eigenvalue weighted by Crippen LogP contribution is -2.08. The van der Waals surface area contributed by atoms with E-state index in [1.165, 1.54) is 0 Å². The summed E-state index contributed by atoms with van der Waals surface area (Å²) in [6, 6.07) is 1.71. The molecule has 1 atom stereocenters. The van der Waals surface area contributed by atoms with Crippen molar-refractivity contribution in [2.45, 2.75) is 20.0 Å². The van der Waals surface area contributed by atoms with Crippen molar-refractivity contribution in [3.8, 4) is 0 Å². The fourth-order valence-corrected chi connectivity index (χ4v) is 1.48. The summed E-state index contributed by atoms with van der Waals surface area (Å²) in [7, 11) is 0. The lowest BCUT2D eigenvalue weighted by atomic mass is 9.98. The molecule has 0 aliphatic rings. The molecule has 0 radical (unpaired) electrons. The van der Waals surface area contributed by atoms with E-state index in [-0.39, 0.29) is 16.5 Å². The maximum Gasteiger partial charge on any atom is 0.133 e. The largest absolute Gasteiger partial charge is 0.388 e. The minimum absolute atomic E-state index is 0.0388. The highest BCUT2D eigenvalue weighted by Gasteiger charge is 2.20. The molecule has 1 aromatic rings. The summed E-state index contributed by atoms with van der Waals surface area (Å²) in [4.78, 5) is 0. The van der Waals surface area contributed by atoms with E-state index < -0.39 is 17.7 Å². The molecule has 1 aromatic carbocycles. The molecule has 0 saturated heterocycles. The average molecular weight is 221 g/mol. The van der Waals surface area contributed by atoms with E-state index in [1.54, 1.807) is 13.8 Å². The standard InChI is InChI=1S/C10H11ClF2O/c1-5(2)10(14)9-7(11)3-6(12)4-8(9)13/h3-5,10,14H,1-2H3. The van der Waals surface area contributed by atoms with Gasteiger partial charge in [-0.15, -0.1) is 0 Å². The van der Waals surface area contributed by atoms with Crippen LogP contribution in [0.2, 0.25) is 5.02 Å². The van der Waals surface area contributed by atoms with Gasteiger partial charge >= 0.3 is 0 Å². The minimum Gasteiger partial charge on any atom is -0.388 e. The van der Waals surface area contributed by atoms with Gasteiger partial charge in [-0.3, -0.25) is 0 Å². The third kappa shape index (κ3) is 2.22. The third-order valence-corrected chi connectivity index (χ3v) is 2.28. The molecule has 1 rings (SSSR count). The molecule has 0 aliphatic carbocycles. The van der Waals surface area contributed by atoms with Crippen LogP contribution in [-0.4, -0.2) is 5.11 Å². The van der Waals surface area contributed by atoms with Gasteiger partial charge in [0, 0.05) is 11.6 Å². The SMILES string of the molecule is CC(C)C(O)c1c(F)cc(F)cc1Cl. The van der Waals surface area contributed by atoms with Gasteiger partial charge in [0.2, 0.25) is 0 Å². The molecule has 0 aromatic heterocycles. The van der Waals surface area contributed by atoms with Crippen molar-refractivity contribution in [3.05, 3.63) is 34.4 Å². The predicted molar refractivity (Wildman–Crippen MR) is 51.2 cm³/mol. The summed E-state index contributed by atoms with van der Waals surface area (Å²) < 4.78 is 25.9. The quantitative estimate of drug-likeness (QED) is 0.811. The predicted octanol–water partition coefficient (Wildman–Crippen LogP) is 3.31. The van der Waals surface area contributed by atoms with Gasteiger partial charge < -0.3 is 5.11 Å². The summed E-state index contributed by atoms with van der Waals surface area (Å²) in [5, 5.41) is 9.52. The van der Waals surface area contributed by atoms with Crippen molar-refractivity contribution in [2.24, 2.45) is 5.92 Å². The van der Waals surface area contributed by atoms with E-state index >= 15 is 0 Å². The average Bonchev–Trinajstić information content (AvgIpc) is 2.01. The fraction of sp³-hybridized carbons (Fsp3) is 0.400. The number of halogens is 3. The number of benzene rings is 1. The second-order valence-electron chi connectivity index (χ2n) is 3.47. The molecule has 1 N–H and O–H groups in total. The number of hydrogen-bond donors (Lipinski definition) is 1. The highest BCUT2D eigenvalue weighted by molar-refractivity contribution is 6.31. The van der Waals surface area contributed by atoms with Crippen molar-refractivity contribution in [1.29, 1.82) is 0 Å². The van der Waals surface area contributed by atoms with Gasteiger partial charge in [0.25, 0.3) is 0 Å². The Morgan fingerprint density at radius 3 is 2.29 bits per heavy atom. The monoisotopic (exact) mass is 220 g/mol. The van der Waals surface area contributed by atoms with Crippen LogP contribution in [0, 0.1) is 17.6 Å². The van der Waals surface area contributed by atoms with E-state index in [9.17, 15) is 13.9 Å². The van der Waals surface area contributed by atoms with E-state index in [0.717, 1.165) is 6.07 Å². The molecule has 1 nitrogen and oxygen atoms in total. The molecule has 4 heteroatoms. The number of aliphatic hydroxyl groups excluding tert-OH is 1. The first-order valence-electron chi connectivity index (χ1n) is 4.26. The molecule has 0 amide bonds. The van der Waals surface area contributed by atoms with Crippen LogP contribution in [0.3, 0.4) is 0 Å². The molecule has 0 saturated carbocycles. The Labute approximate surface area is 86.3 Å². The van der Waals surface area contributed by atoms with Gasteiger partial charge in [-0.1, -0.05) is 25.4 Å². The van der Waals surface area contributed by atoms with Gasteiger partial charge in [-0.05, 0) is 12.0 Å². The van der Waals surface area contributed by atoms with Gasteiger partial charge in [0.15, 0.2) is 0 Å². The molecule has 0 spiro atoms. The van der Waals surface area contributed by atoms with Crippen molar-refractivity contribution in [2.75, 3.05) is 0 Å². The van der Waals surface area contributed by atoms with Crippen LogP contribution >= 0.6 is 11.6 Å². The lowest BCUT2D eigenvalue weighted by molar-refractivity contribution is 0.123. The molecule has 0 bridgehead atoms. The molecule has 0 aliphatic heterocycles. The fourth-order valence-electron chi connectivity index (χ4n) is 1.17. The van der Waals surface area contributed by atoms with Crippen molar-refractivity contribution in [3.63, 3.8) is 0 Å². The van der Waals surface area contributed by atoms with Crippen LogP contribution in [0.15, 0.2) is 12.1 Å². The normalized spacial score (nSPS) is 13.4. The van der Waals surface area contributed by atoms with Crippen LogP contribution < -0.4 is 0 Å². The third-order valence-electron chi connectivity index (χ3n) is 1.97. The van der Waals surface area contributed by atoms with Gasteiger partial charge in [-0.2, -0.15) is 0 Å². The molecular formula is C10H11ClF2O. The Kier molecular flexibility index (Phi) is 3.45. The van der Waals surface area contributed by atoms with E-state index in [2.05, 4.69) is 0 Å². The zero-order valence-electron chi connectivity index (χ0n) is 7.89. The maximum absolute atomic E-state index is 13.2. The van der Waals surface area contributed by atoms with Crippen LogP contribution in [0.4, 0.5) is 8.78 Å². The Balaban J connectivity index is 3.20. The highest BCUT2D eigenvalue weighted by Crippen LogP contribution is 2.31. The number of rotatable bonds is 2. The summed E-state index contributed by atoms with van der Waals surface area (Å²) in [6.07, 6.45) is -1.01. The van der Waals surface area contributed by atoms with E-state index in [1.807, 2.05) is 0 Å². The Hall–Kier alpha value is -0.670. The van der Waals surface area contributed by atoms with Gasteiger partial charge in [-0.25, -0.2) is 8.78 Å². The van der Waals surface area contributed by atoms with Crippen molar-refractivity contribution >= 4 is 11.6 Å². The maximum atomic E-state index is 13.2. The molecule has 0 heterocycles. The summed E-state index contributed by atoms with van der Waals surface area (Å²) in [5.74, 6) is -1.73. The molecular weight excluding hydrogens is 210 g/mol. The highest BCUT2D eigenvalue weighted by atomic mass is 35.5. The Morgan fingerprint density at radius 2 is 1.86 bits per heavy atom. The smallest absolute Gasteiger partial charge is 0.133 e. The zero-order chi connectivity index (χ0) is 10.9. The van der Waals surface area contributed by atoms with Gasteiger partial charge in [0.1, 0.15) is 11.6 Å². The number of hydrogen-bond acceptors (Lipinski definition) is 1. The Morgan fingerprint density at radius 1 is 1.29 bits per heavy atom. The van der Waals surface area contributed by atoms with Gasteiger partial charge in [0.05, 0.1) is 11.1 Å². The summed E-state index contributed by atoms with van der Waals surface area (Å²) in [6.45, 7) is 3.45. The first kappa shape index (κ1) is 11.4. The topological polar surface area (TPSA) is 20.2 Å². The van der Waals surface area contributed by atoms with Crippen LogP contribution in [-0.2, 0) is 0 Å². The second-order valence-corrected chi connectivity index (χ2v) is 3.88. The minimum atomic E-state index is -1.01. The first-order valence-corrected chi connectivity index (χ1v) is 4.63. The summed E-state index contributed by atoms with van der Waals surface area (Å²) >= 11 is 5.63. The van der Waals surface area contributed by atoms with E-state index in [4.69, 9.17) is 11.6 Å². The first-order chi connectivity index (χ1) is 6.43. The van der Waals surface area contributed by atoms with Crippen molar-refractivity contribution in [1.82, 2.24) is 0 Å². The molecule has 0 fully saturated rings. The van der Waals surface area contributed by atoms with Crippen molar-refractivity contribution < 1.29 is 13.9 Å². The second kappa shape index (κ2) is 4.24. The molecule has 78 valence electrons.